The Balaban J connectivity index is -0.000000706. The fourth-order valence-electron chi connectivity index (χ4n) is 6.01. The van der Waals surface area contributed by atoms with Crippen molar-refractivity contribution >= 4 is 17.3 Å². The molecular formula is C44H88O4. The van der Waals surface area contributed by atoms with Gasteiger partial charge >= 0.3 is 0 Å². The molecule has 0 aromatic heterocycles. The molecule has 0 aromatic carbocycles. The first-order valence-electron chi connectivity index (χ1n) is 21.3. The van der Waals surface area contributed by atoms with Gasteiger partial charge in [0.05, 0.1) is 5.60 Å². The van der Waals surface area contributed by atoms with Gasteiger partial charge in [-0.1, -0.05) is 188 Å². The SMILES string of the molecule is CCCCCCCCCC(=O)CC(C)(O)CCCCCCCCC.CCCCCCCCCC(C)=O.CCCCCCCCCC(C)=O. The summed E-state index contributed by atoms with van der Waals surface area (Å²) in [6.45, 7) is 14.1. The molecule has 4 heteroatoms. The molecule has 48 heavy (non-hydrogen) atoms. The predicted molar refractivity (Wildman–Crippen MR) is 212 cm³/mol. The number of carbonyl (C=O) groups is 3. The highest BCUT2D eigenvalue weighted by molar-refractivity contribution is 5.79. The Labute approximate surface area is 302 Å². The number of rotatable bonds is 34. The van der Waals surface area contributed by atoms with Crippen molar-refractivity contribution in [3.8, 4) is 0 Å². The zero-order valence-corrected chi connectivity index (χ0v) is 34.0. The number of ketones is 3. The molecule has 0 saturated carbocycles. The fourth-order valence-corrected chi connectivity index (χ4v) is 6.01. The number of Topliss-reactive ketones (excluding diaryl/α,β-unsaturated/α-hetero) is 3. The molecule has 0 rings (SSSR count). The van der Waals surface area contributed by atoms with Crippen LogP contribution in [0.15, 0.2) is 0 Å². The van der Waals surface area contributed by atoms with Crippen LogP contribution in [0, 0.1) is 0 Å². The average Bonchev–Trinajstić information content (AvgIpc) is 3.03. The molecule has 0 aliphatic rings. The number of hydrogen-bond donors (Lipinski definition) is 1. The summed E-state index contributed by atoms with van der Waals surface area (Å²) in [5.41, 5.74) is -0.790. The van der Waals surface area contributed by atoms with Gasteiger partial charge in [-0.25, -0.2) is 0 Å². The molecular weight excluding hydrogens is 592 g/mol. The van der Waals surface area contributed by atoms with Gasteiger partial charge in [-0.3, -0.25) is 4.79 Å². The van der Waals surface area contributed by atoms with Gasteiger partial charge < -0.3 is 14.7 Å². The Morgan fingerprint density at radius 1 is 0.396 bits per heavy atom. The van der Waals surface area contributed by atoms with Crippen LogP contribution < -0.4 is 0 Å². The van der Waals surface area contributed by atoms with Crippen LogP contribution in [0.4, 0.5) is 0 Å². The second-order valence-corrected chi connectivity index (χ2v) is 15.1. The summed E-state index contributed by atoms with van der Waals surface area (Å²) in [5.74, 6) is 0.920. The van der Waals surface area contributed by atoms with Crippen LogP contribution in [-0.2, 0) is 14.4 Å². The van der Waals surface area contributed by atoms with Gasteiger partial charge in [0.2, 0.25) is 0 Å². The van der Waals surface area contributed by atoms with Crippen molar-refractivity contribution in [2.45, 2.75) is 266 Å². The third-order valence-corrected chi connectivity index (χ3v) is 9.22. The van der Waals surface area contributed by atoms with Gasteiger partial charge in [-0.05, 0) is 46.5 Å². The molecule has 1 atom stereocenters. The average molecular weight is 681 g/mol. The van der Waals surface area contributed by atoms with Gasteiger partial charge in [-0.15, -0.1) is 0 Å². The van der Waals surface area contributed by atoms with E-state index in [0.717, 1.165) is 51.4 Å². The summed E-state index contributed by atoms with van der Waals surface area (Å²) in [6.07, 6.45) is 38.9. The molecule has 1 unspecified atom stereocenters. The van der Waals surface area contributed by atoms with E-state index in [0.29, 0.717) is 24.4 Å². The number of hydrogen-bond acceptors (Lipinski definition) is 4. The smallest absolute Gasteiger partial charge is 0.135 e. The lowest BCUT2D eigenvalue weighted by molar-refractivity contribution is -0.124. The first-order chi connectivity index (χ1) is 23.1. The molecule has 0 amide bonds. The van der Waals surface area contributed by atoms with E-state index in [1.807, 2.05) is 6.92 Å². The Bertz CT molecular complexity index is 641. The Morgan fingerprint density at radius 3 is 0.938 bits per heavy atom. The minimum Gasteiger partial charge on any atom is -0.390 e. The van der Waals surface area contributed by atoms with E-state index in [9.17, 15) is 19.5 Å². The summed E-state index contributed by atoms with van der Waals surface area (Å²) < 4.78 is 0. The highest BCUT2D eigenvalue weighted by Crippen LogP contribution is 2.21. The van der Waals surface area contributed by atoms with E-state index in [1.165, 1.54) is 148 Å². The molecule has 4 nitrogen and oxygen atoms in total. The van der Waals surface area contributed by atoms with Gasteiger partial charge in [0.15, 0.2) is 0 Å². The fraction of sp³-hybridized carbons (Fsp3) is 0.932. The molecule has 0 radical (unpaired) electrons. The molecule has 0 spiro atoms. The number of carbonyl (C=O) groups excluding carboxylic acids is 3. The Kier molecular flexibility index (Phi) is 45.1. The van der Waals surface area contributed by atoms with Crippen molar-refractivity contribution in [1.82, 2.24) is 0 Å². The van der Waals surface area contributed by atoms with Crippen LogP contribution in [0.2, 0.25) is 0 Å². The molecule has 0 fully saturated rings. The van der Waals surface area contributed by atoms with Gasteiger partial charge in [-0.2, -0.15) is 0 Å². The summed E-state index contributed by atoms with van der Waals surface area (Å²) in [6, 6.07) is 0. The van der Waals surface area contributed by atoms with Crippen LogP contribution in [0.25, 0.3) is 0 Å². The quantitative estimate of drug-likeness (QED) is 0.0687. The van der Waals surface area contributed by atoms with E-state index < -0.39 is 5.60 Å². The monoisotopic (exact) mass is 681 g/mol. The molecule has 288 valence electrons. The van der Waals surface area contributed by atoms with E-state index in [2.05, 4.69) is 27.7 Å². The molecule has 0 heterocycles. The third kappa shape index (κ3) is 51.8. The molecule has 0 aromatic rings. The van der Waals surface area contributed by atoms with Crippen molar-refractivity contribution < 1.29 is 19.5 Å². The maximum absolute atomic E-state index is 12.0. The lowest BCUT2D eigenvalue weighted by atomic mass is 9.91. The first-order valence-corrected chi connectivity index (χ1v) is 21.3. The van der Waals surface area contributed by atoms with Crippen LogP contribution in [-0.4, -0.2) is 28.1 Å². The topological polar surface area (TPSA) is 71.4 Å². The van der Waals surface area contributed by atoms with Crippen LogP contribution in [0.3, 0.4) is 0 Å². The maximum Gasteiger partial charge on any atom is 0.135 e. The van der Waals surface area contributed by atoms with E-state index in [4.69, 9.17) is 0 Å². The predicted octanol–water partition coefficient (Wildman–Crippen LogP) is 14.4. The van der Waals surface area contributed by atoms with Crippen molar-refractivity contribution in [2.75, 3.05) is 0 Å². The van der Waals surface area contributed by atoms with E-state index in [-0.39, 0.29) is 5.78 Å². The normalized spacial score (nSPS) is 12.0. The van der Waals surface area contributed by atoms with Crippen molar-refractivity contribution in [3.63, 3.8) is 0 Å². The Hall–Kier alpha value is -1.03. The Morgan fingerprint density at radius 2 is 0.646 bits per heavy atom. The second kappa shape index (κ2) is 42.1. The minimum atomic E-state index is -0.790. The molecule has 0 aliphatic carbocycles. The standard InChI is InChI=1S/C22H44O2.2C11H22O/c1-4-6-8-10-12-14-16-18-21(23)20-22(3,24)19-17-15-13-11-9-7-5-2;2*1-3-4-5-6-7-8-9-10-11(2)12/h24H,4-20H2,1-3H3;2*3-10H2,1-2H3. The minimum absolute atomic E-state index is 0.247. The van der Waals surface area contributed by atoms with Crippen LogP contribution in [0.1, 0.15) is 260 Å². The maximum atomic E-state index is 12.0. The number of unbranched alkanes of at least 4 members (excludes halogenated alkanes) is 24. The van der Waals surface area contributed by atoms with Gasteiger partial charge in [0, 0.05) is 25.7 Å². The zero-order valence-electron chi connectivity index (χ0n) is 34.0. The lowest BCUT2D eigenvalue weighted by Crippen LogP contribution is -2.27. The van der Waals surface area contributed by atoms with Crippen molar-refractivity contribution in [2.24, 2.45) is 0 Å². The molecule has 0 saturated heterocycles. The third-order valence-electron chi connectivity index (χ3n) is 9.22. The molecule has 1 N–H and O–H groups in total. The number of aliphatic hydroxyl groups is 1. The molecule has 0 aliphatic heterocycles. The lowest BCUT2D eigenvalue weighted by Gasteiger charge is -2.22. The molecule has 0 bridgehead atoms. The summed E-state index contributed by atoms with van der Waals surface area (Å²) in [4.78, 5) is 33.2. The van der Waals surface area contributed by atoms with Crippen molar-refractivity contribution in [3.05, 3.63) is 0 Å². The first kappa shape index (κ1) is 51.3. The summed E-state index contributed by atoms with van der Waals surface area (Å²) in [5, 5.41) is 10.4. The van der Waals surface area contributed by atoms with Crippen LogP contribution >= 0.6 is 0 Å². The second-order valence-electron chi connectivity index (χ2n) is 15.1. The van der Waals surface area contributed by atoms with Crippen LogP contribution in [0.5, 0.6) is 0 Å². The van der Waals surface area contributed by atoms with Gasteiger partial charge in [0.1, 0.15) is 17.3 Å². The summed E-state index contributed by atoms with van der Waals surface area (Å²) in [7, 11) is 0. The summed E-state index contributed by atoms with van der Waals surface area (Å²) >= 11 is 0. The highest BCUT2D eigenvalue weighted by Gasteiger charge is 2.23. The zero-order chi connectivity index (χ0) is 36.6. The van der Waals surface area contributed by atoms with Crippen molar-refractivity contribution in [1.29, 1.82) is 0 Å². The van der Waals surface area contributed by atoms with Gasteiger partial charge in [0.25, 0.3) is 0 Å². The highest BCUT2D eigenvalue weighted by atomic mass is 16.3. The van der Waals surface area contributed by atoms with E-state index in [1.54, 1.807) is 13.8 Å². The largest absolute Gasteiger partial charge is 0.390 e. The van der Waals surface area contributed by atoms with E-state index >= 15 is 0 Å².